The van der Waals surface area contributed by atoms with Crippen molar-refractivity contribution >= 4 is 11.9 Å². The highest BCUT2D eigenvalue weighted by Gasteiger charge is 2.36. The molecule has 1 heterocycles. The SMILES string of the molecule is O=C(CCC1(CCO)OCCO1)OCCCCCC(=O)OCc1ccccc1. The third-order valence-electron chi connectivity index (χ3n) is 4.55. The van der Waals surface area contributed by atoms with Crippen LogP contribution in [0.4, 0.5) is 0 Å². The standard InChI is InChI=1S/C21H30O7/c22-13-12-21(27-15-16-28-21)11-10-20(24)25-14-6-2-5-9-19(23)26-17-18-7-3-1-4-8-18/h1,3-4,7-8,22H,2,5-6,9-17H2. The number of hydrogen-bond acceptors (Lipinski definition) is 7. The Kier molecular flexibility index (Phi) is 9.96. The summed E-state index contributed by atoms with van der Waals surface area (Å²) in [6.45, 7) is 1.52. The zero-order chi connectivity index (χ0) is 20.1. The van der Waals surface area contributed by atoms with Gasteiger partial charge < -0.3 is 24.1 Å². The Balaban J connectivity index is 1.47. The van der Waals surface area contributed by atoms with E-state index < -0.39 is 5.79 Å². The van der Waals surface area contributed by atoms with Crippen molar-refractivity contribution in [3.05, 3.63) is 35.9 Å². The molecule has 156 valence electrons. The predicted octanol–water partition coefficient (Wildman–Crippen LogP) is 2.74. The van der Waals surface area contributed by atoms with Crippen molar-refractivity contribution in [1.29, 1.82) is 0 Å². The molecule has 1 fully saturated rings. The van der Waals surface area contributed by atoms with E-state index in [1.165, 1.54) is 0 Å². The first kappa shape index (κ1) is 22.3. The molecule has 0 atom stereocenters. The molecule has 1 aliphatic rings. The summed E-state index contributed by atoms with van der Waals surface area (Å²) in [5.74, 6) is -1.38. The first-order valence-corrected chi connectivity index (χ1v) is 9.87. The van der Waals surface area contributed by atoms with Gasteiger partial charge in [0.25, 0.3) is 0 Å². The molecule has 0 aromatic heterocycles. The number of ether oxygens (including phenoxy) is 4. The molecule has 1 aromatic carbocycles. The van der Waals surface area contributed by atoms with E-state index in [1.54, 1.807) is 0 Å². The lowest BCUT2D eigenvalue weighted by Gasteiger charge is -2.26. The van der Waals surface area contributed by atoms with Crippen LogP contribution in [0.2, 0.25) is 0 Å². The lowest BCUT2D eigenvalue weighted by Crippen LogP contribution is -2.32. The highest BCUT2D eigenvalue weighted by Crippen LogP contribution is 2.28. The van der Waals surface area contributed by atoms with E-state index in [1.807, 2.05) is 30.3 Å². The van der Waals surface area contributed by atoms with Crippen LogP contribution in [0.15, 0.2) is 30.3 Å². The number of rotatable bonds is 13. The number of carbonyl (C=O) groups excluding carboxylic acids is 2. The zero-order valence-electron chi connectivity index (χ0n) is 16.3. The minimum absolute atomic E-state index is 0.0527. The maximum atomic E-state index is 11.8. The normalized spacial score (nSPS) is 15.3. The second-order valence-electron chi connectivity index (χ2n) is 6.76. The summed E-state index contributed by atoms with van der Waals surface area (Å²) in [6, 6.07) is 9.56. The first-order chi connectivity index (χ1) is 13.6. The van der Waals surface area contributed by atoms with E-state index in [4.69, 9.17) is 24.1 Å². The summed E-state index contributed by atoms with van der Waals surface area (Å²) in [6.07, 6.45) is 3.46. The fourth-order valence-corrected chi connectivity index (χ4v) is 2.99. The van der Waals surface area contributed by atoms with Gasteiger partial charge in [0.2, 0.25) is 0 Å². The topological polar surface area (TPSA) is 91.3 Å². The van der Waals surface area contributed by atoms with Gasteiger partial charge in [0.15, 0.2) is 5.79 Å². The Morgan fingerprint density at radius 2 is 1.64 bits per heavy atom. The number of esters is 2. The van der Waals surface area contributed by atoms with Crippen LogP contribution in [0, 0.1) is 0 Å². The minimum atomic E-state index is -0.853. The number of aliphatic hydroxyl groups is 1. The predicted molar refractivity (Wildman–Crippen MR) is 101 cm³/mol. The van der Waals surface area contributed by atoms with Crippen LogP contribution in [0.3, 0.4) is 0 Å². The van der Waals surface area contributed by atoms with Crippen LogP contribution in [0.1, 0.15) is 50.5 Å². The summed E-state index contributed by atoms with van der Waals surface area (Å²) in [5.41, 5.74) is 0.969. The Labute approximate surface area is 165 Å². The maximum absolute atomic E-state index is 11.8. The average molecular weight is 394 g/mol. The number of hydrogen-bond donors (Lipinski definition) is 1. The third kappa shape index (κ3) is 8.37. The fourth-order valence-electron chi connectivity index (χ4n) is 2.99. The molecule has 0 unspecified atom stereocenters. The molecule has 0 amide bonds. The van der Waals surface area contributed by atoms with Crippen molar-refractivity contribution in [2.45, 2.75) is 57.3 Å². The van der Waals surface area contributed by atoms with Crippen molar-refractivity contribution in [3.8, 4) is 0 Å². The Hall–Kier alpha value is -1.96. The number of benzene rings is 1. The quantitative estimate of drug-likeness (QED) is 0.406. The number of aliphatic hydroxyl groups excluding tert-OH is 1. The van der Waals surface area contributed by atoms with Gasteiger partial charge in [-0.3, -0.25) is 9.59 Å². The van der Waals surface area contributed by atoms with E-state index in [2.05, 4.69) is 0 Å². The molecule has 1 N–H and O–H groups in total. The van der Waals surface area contributed by atoms with Gasteiger partial charge in [0.1, 0.15) is 6.61 Å². The Morgan fingerprint density at radius 1 is 0.929 bits per heavy atom. The molecule has 0 spiro atoms. The first-order valence-electron chi connectivity index (χ1n) is 9.87. The molecule has 0 bridgehead atoms. The molecule has 0 saturated carbocycles. The Bertz CT molecular complexity index is 582. The molecular formula is C21H30O7. The van der Waals surface area contributed by atoms with Gasteiger partial charge in [-0.15, -0.1) is 0 Å². The second kappa shape index (κ2) is 12.5. The summed E-state index contributed by atoms with van der Waals surface area (Å²) in [4.78, 5) is 23.5. The highest BCUT2D eigenvalue weighted by molar-refractivity contribution is 5.69. The molecule has 28 heavy (non-hydrogen) atoms. The largest absolute Gasteiger partial charge is 0.466 e. The maximum Gasteiger partial charge on any atom is 0.306 e. The summed E-state index contributed by atoms with van der Waals surface area (Å²) < 4.78 is 21.5. The van der Waals surface area contributed by atoms with Crippen LogP contribution >= 0.6 is 0 Å². The lowest BCUT2D eigenvalue weighted by atomic mass is 10.1. The molecule has 7 heteroatoms. The summed E-state index contributed by atoms with van der Waals surface area (Å²) >= 11 is 0. The van der Waals surface area contributed by atoms with Crippen LogP contribution < -0.4 is 0 Å². The van der Waals surface area contributed by atoms with Gasteiger partial charge in [-0.2, -0.15) is 0 Å². The second-order valence-corrected chi connectivity index (χ2v) is 6.76. The van der Waals surface area contributed by atoms with Crippen LogP contribution in [-0.4, -0.2) is 49.3 Å². The molecule has 7 nitrogen and oxygen atoms in total. The molecule has 0 aliphatic carbocycles. The highest BCUT2D eigenvalue weighted by atomic mass is 16.7. The van der Waals surface area contributed by atoms with Crippen molar-refractivity contribution < 1.29 is 33.6 Å². The van der Waals surface area contributed by atoms with Crippen LogP contribution in [0.5, 0.6) is 0 Å². The van der Waals surface area contributed by atoms with E-state index in [0.717, 1.165) is 12.0 Å². The van der Waals surface area contributed by atoms with Crippen molar-refractivity contribution in [3.63, 3.8) is 0 Å². The van der Waals surface area contributed by atoms with E-state index >= 15 is 0 Å². The van der Waals surface area contributed by atoms with Gasteiger partial charge in [0, 0.05) is 25.9 Å². The molecule has 0 radical (unpaired) electrons. The van der Waals surface area contributed by atoms with Gasteiger partial charge >= 0.3 is 11.9 Å². The van der Waals surface area contributed by atoms with Gasteiger partial charge in [-0.05, 0) is 24.8 Å². The van der Waals surface area contributed by atoms with Crippen LogP contribution in [-0.2, 0) is 35.1 Å². The van der Waals surface area contributed by atoms with Crippen molar-refractivity contribution in [1.82, 2.24) is 0 Å². The zero-order valence-corrected chi connectivity index (χ0v) is 16.3. The number of carbonyl (C=O) groups is 2. The van der Waals surface area contributed by atoms with E-state index in [9.17, 15) is 9.59 Å². The third-order valence-corrected chi connectivity index (χ3v) is 4.55. The smallest absolute Gasteiger partial charge is 0.306 e. The molecule has 1 saturated heterocycles. The van der Waals surface area contributed by atoms with E-state index in [-0.39, 0.29) is 25.0 Å². The fraction of sp³-hybridized carbons (Fsp3) is 0.619. The number of unbranched alkanes of at least 4 members (excludes halogenated alkanes) is 2. The van der Waals surface area contributed by atoms with E-state index in [0.29, 0.717) is 58.5 Å². The van der Waals surface area contributed by atoms with Gasteiger partial charge in [-0.25, -0.2) is 0 Å². The van der Waals surface area contributed by atoms with Crippen molar-refractivity contribution in [2.75, 3.05) is 26.4 Å². The van der Waals surface area contributed by atoms with Gasteiger partial charge in [0.05, 0.1) is 26.2 Å². The van der Waals surface area contributed by atoms with Crippen LogP contribution in [0.25, 0.3) is 0 Å². The van der Waals surface area contributed by atoms with Crippen molar-refractivity contribution in [2.24, 2.45) is 0 Å². The lowest BCUT2D eigenvalue weighted by molar-refractivity contribution is -0.178. The minimum Gasteiger partial charge on any atom is -0.466 e. The molecule has 1 aromatic rings. The Morgan fingerprint density at radius 3 is 2.36 bits per heavy atom. The summed E-state index contributed by atoms with van der Waals surface area (Å²) in [5, 5.41) is 9.10. The summed E-state index contributed by atoms with van der Waals surface area (Å²) in [7, 11) is 0. The van der Waals surface area contributed by atoms with Gasteiger partial charge in [-0.1, -0.05) is 30.3 Å². The average Bonchev–Trinajstić information content (AvgIpc) is 3.17. The molecule has 1 aliphatic heterocycles. The monoisotopic (exact) mass is 394 g/mol. The molecular weight excluding hydrogens is 364 g/mol. The molecule has 2 rings (SSSR count).